The highest BCUT2D eigenvalue weighted by Gasteiger charge is 2.17. The van der Waals surface area contributed by atoms with E-state index in [9.17, 15) is 0 Å². The number of hydrogen-bond donors (Lipinski definition) is 0. The zero-order valence-electron chi connectivity index (χ0n) is 27.4. The van der Waals surface area contributed by atoms with E-state index in [0.29, 0.717) is 0 Å². The van der Waals surface area contributed by atoms with Gasteiger partial charge in [-0.2, -0.15) is 0 Å². The summed E-state index contributed by atoms with van der Waals surface area (Å²) < 4.78 is 4.84. The maximum atomic E-state index is 2.45. The first-order valence-corrected chi connectivity index (χ1v) is 17.2. The summed E-state index contributed by atoms with van der Waals surface area (Å²) in [5, 5.41) is 5.02. The molecule has 10 aromatic rings. The van der Waals surface area contributed by atoms with Gasteiger partial charge in [-0.3, -0.25) is 0 Å². The van der Waals surface area contributed by atoms with E-state index in [1.54, 1.807) is 0 Å². The Kier molecular flexibility index (Phi) is 6.53. The third-order valence-corrected chi connectivity index (χ3v) is 10.1. The number of benzene rings is 8. The van der Waals surface area contributed by atoms with Gasteiger partial charge in [-0.05, 0) is 88.0 Å². The molecule has 0 saturated heterocycles. The second-order valence-corrected chi connectivity index (χ2v) is 13.0. The van der Waals surface area contributed by atoms with E-state index >= 15 is 0 Å². The maximum absolute atomic E-state index is 2.45. The minimum Gasteiger partial charge on any atom is -0.309 e. The Morgan fingerprint density at radius 1 is 0.220 bits per heavy atom. The van der Waals surface area contributed by atoms with Gasteiger partial charge in [0.1, 0.15) is 0 Å². The van der Waals surface area contributed by atoms with E-state index in [-0.39, 0.29) is 0 Å². The summed E-state index contributed by atoms with van der Waals surface area (Å²) in [5.41, 5.74) is 14.3. The SMILES string of the molecule is c1ccc(-c2cc(-c3ccccc3)cc(-n3c4ccccc4c4ccc(-c5ccc6c7ccccc7n(-c7ccccc7)c6c5)cc43)c2)cc1. The Balaban J connectivity index is 1.22. The van der Waals surface area contributed by atoms with Crippen molar-refractivity contribution < 1.29 is 0 Å². The van der Waals surface area contributed by atoms with E-state index in [0.717, 1.165) is 5.69 Å². The minimum absolute atomic E-state index is 1.15. The molecule has 0 amide bonds. The van der Waals surface area contributed by atoms with Gasteiger partial charge in [0.2, 0.25) is 0 Å². The van der Waals surface area contributed by atoms with Crippen LogP contribution < -0.4 is 0 Å². The van der Waals surface area contributed by atoms with Crippen molar-refractivity contribution in [1.29, 1.82) is 0 Å². The topological polar surface area (TPSA) is 9.86 Å². The molecule has 2 heteroatoms. The summed E-state index contributed by atoms with van der Waals surface area (Å²) in [7, 11) is 0. The number of aromatic nitrogens is 2. The lowest BCUT2D eigenvalue weighted by atomic mass is 9.98. The zero-order chi connectivity index (χ0) is 33.0. The number of nitrogens with zero attached hydrogens (tertiary/aromatic N) is 2. The molecule has 0 aliphatic carbocycles. The standard InChI is InChI=1S/C48H32N2/c1-4-14-33(15-5-1)37-28-38(34-16-6-2-7-17-34)30-40(29-37)50-46-23-13-11-21-42(46)44-27-25-36(32-48(44)50)35-24-26-43-41-20-10-12-22-45(41)49(47(43)31-35)39-18-8-3-9-19-39/h1-32H. The average Bonchev–Trinajstić information content (AvgIpc) is 3.71. The molecule has 0 N–H and O–H groups in total. The van der Waals surface area contributed by atoms with Crippen molar-refractivity contribution >= 4 is 43.6 Å². The summed E-state index contributed by atoms with van der Waals surface area (Å²) in [5.74, 6) is 0. The van der Waals surface area contributed by atoms with Gasteiger partial charge in [-0.25, -0.2) is 0 Å². The van der Waals surface area contributed by atoms with Crippen LogP contribution in [0.3, 0.4) is 0 Å². The van der Waals surface area contributed by atoms with Crippen LogP contribution in [0.1, 0.15) is 0 Å². The fourth-order valence-electron chi connectivity index (χ4n) is 7.77. The van der Waals surface area contributed by atoms with Crippen LogP contribution in [0.15, 0.2) is 194 Å². The lowest BCUT2D eigenvalue weighted by Crippen LogP contribution is -1.96. The Morgan fingerprint density at radius 3 is 1.12 bits per heavy atom. The molecule has 2 heterocycles. The van der Waals surface area contributed by atoms with Crippen LogP contribution in [0.25, 0.3) is 88.4 Å². The lowest BCUT2D eigenvalue weighted by Gasteiger charge is -2.14. The van der Waals surface area contributed by atoms with Crippen molar-refractivity contribution in [2.75, 3.05) is 0 Å². The van der Waals surface area contributed by atoms with Crippen LogP contribution in [-0.2, 0) is 0 Å². The van der Waals surface area contributed by atoms with Gasteiger partial charge in [-0.15, -0.1) is 0 Å². The molecule has 0 aliphatic heterocycles. The first-order valence-electron chi connectivity index (χ1n) is 17.2. The molecule has 0 radical (unpaired) electrons. The molecule has 0 saturated carbocycles. The molecule has 2 aromatic heterocycles. The molecule has 10 rings (SSSR count). The predicted octanol–water partition coefficient (Wildman–Crippen LogP) is 12.9. The van der Waals surface area contributed by atoms with Crippen molar-refractivity contribution in [3.63, 3.8) is 0 Å². The van der Waals surface area contributed by atoms with E-state index in [4.69, 9.17) is 0 Å². The van der Waals surface area contributed by atoms with E-state index < -0.39 is 0 Å². The molecule has 50 heavy (non-hydrogen) atoms. The highest BCUT2D eigenvalue weighted by molar-refractivity contribution is 6.12. The molecule has 0 fully saturated rings. The van der Waals surface area contributed by atoms with Gasteiger partial charge in [-0.1, -0.05) is 140 Å². The second kappa shape index (κ2) is 11.5. The highest BCUT2D eigenvalue weighted by atomic mass is 15.0. The molecule has 0 unspecified atom stereocenters. The van der Waals surface area contributed by atoms with Gasteiger partial charge < -0.3 is 9.13 Å². The molecule has 0 atom stereocenters. The molecule has 234 valence electrons. The molecule has 2 nitrogen and oxygen atoms in total. The second-order valence-electron chi connectivity index (χ2n) is 13.0. The first-order chi connectivity index (χ1) is 24.8. The summed E-state index contributed by atoms with van der Waals surface area (Å²) in [6.07, 6.45) is 0. The molecule has 0 bridgehead atoms. The summed E-state index contributed by atoms with van der Waals surface area (Å²) in [6.45, 7) is 0. The summed E-state index contributed by atoms with van der Waals surface area (Å²) >= 11 is 0. The molecular formula is C48H32N2. The van der Waals surface area contributed by atoms with Crippen molar-refractivity contribution in [2.45, 2.75) is 0 Å². The smallest absolute Gasteiger partial charge is 0.0547 e. The molecule has 8 aromatic carbocycles. The minimum atomic E-state index is 1.15. The van der Waals surface area contributed by atoms with Crippen LogP contribution in [-0.4, -0.2) is 9.13 Å². The summed E-state index contributed by atoms with van der Waals surface area (Å²) in [6, 6.07) is 70.5. The Hall–Kier alpha value is -6.64. The monoisotopic (exact) mass is 636 g/mol. The third-order valence-electron chi connectivity index (χ3n) is 10.1. The van der Waals surface area contributed by atoms with E-state index in [1.165, 1.54) is 82.7 Å². The molecule has 0 aliphatic rings. The molecule has 0 spiro atoms. The fourth-order valence-corrected chi connectivity index (χ4v) is 7.77. The van der Waals surface area contributed by atoms with Crippen molar-refractivity contribution in [3.05, 3.63) is 194 Å². The van der Waals surface area contributed by atoms with Crippen molar-refractivity contribution in [1.82, 2.24) is 9.13 Å². The Labute approximate surface area is 290 Å². The Bertz CT molecular complexity index is 2780. The normalized spacial score (nSPS) is 11.6. The van der Waals surface area contributed by atoms with Crippen LogP contribution in [0.2, 0.25) is 0 Å². The number of hydrogen-bond acceptors (Lipinski definition) is 0. The van der Waals surface area contributed by atoms with Crippen LogP contribution in [0.4, 0.5) is 0 Å². The summed E-state index contributed by atoms with van der Waals surface area (Å²) in [4.78, 5) is 0. The van der Waals surface area contributed by atoms with Gasteiger partial charge in [0, 0.05) is 32.9 Å². The first kappa shape index (κ1) is 28.4. The van der Waals surface area contributed by atoms with Crippen LogP contribution in [0.5, 0.6) is 0 Å². The van der Waals surface area contributed by atoms with E-state index in [2.05, 4.69) is 203 Å². The van der Waals surface area contributed by atoms with Crippen molar-refractivity contribution in [2.24, 2.45) is 0 Å². The van der Waals surface area contributed by atoms with Crippen LogP contribution in [0, 0.1) is 0 Å². The number of para-hydroxylation sites is 3. The van der Waals surface area contributed by atoms with Crippen molar-refractivity contribution in [3.8, 4) is 44.8 Å². The number of rotatable bonds is 5. The van der Waals surface area contributed by atoms with Gasteiger partial charge in [0.05, 0.1) is 22.1 Å². The quantitative estimate of drug-likeness (QED) is 0.178. The molecular weight excluding hydrogens is 605 g/mol. The predicted molar refractivity (Wildman–Crippen MR) is 211 cm³/mol. The number of fused-ring (bicyclic) bond motifs is 6. The van der Waals surface area contributed by atoms with E-state index in [1.807, 2.05) is 0 Å². The van der Waals surface area contributed by atoms with Gasteiger partial charge in [0.25, 0.3) is 0 Å². The van der Waals surface area contributed by atoms with Gasteiger partial charge >= 0.3 is 0 Å². The maximum Gasteiger partial charge on any atom is 0.0547 e. The Morgan fingerprint density at radius 2 is 0.620 bits per heavy atom. The zero-order valence-corrected chi connectivity index (χ0v) is 27.4. The highest BCUT2D eigenvalue weighted by Crippen LogP contribution is 2.39. The largest absolute Gasteiger partial charge is 0.309 e. The van der Waals surface area contributed by atoms with Crippen LogP contribution >= 0.6 is 0 Å². The lowest BCUT2D eigenvalue weighted by molar-refractivity contribution is 1.18. The average molecular weight is 637 g/mol. The third kappa shape index (κ3) is 4.57. The fraction of sp³-hybridized carbons (Fsp3) is 0. The van der Waals surface area contributed by atoms with Gasteiger partial charge in [0.15, 0.2) is 0 Å².